The lowest BCUT2D eigenvalue weighted by molar-refractivity contribution is 0.138. The van der Waals surface area contributed by atoms with E-state index in [0.29, 0.717) is 6.42 Å². The number of halogens is 2. The van der Waals surface area contributed by atoms with Crippen LogP contribution in [-0.4, -0.2) is 6.43 Å². The molecule has 2 heteroatoms. The maximum absolute atomic E-state index is 12.1. The van der Waals surface area contributed by atoms with Crippen LogP contribution < -0.4 is 0 Å². The normalized spacial score (nSPS) is 11.1. The van der Waals surface area contributed by atoms with Crippen molar-refractivity contribution in [3.8, 4) is 0 Å². The van der Waals surface area contributed by atoms with Gasteiger partial charge >= 0.3 is 0 Å². The van der Waals surface area contributed by atoms with Crippen molar-refractivity contribution < 1.29 is 8.78 Å². The molecule has 0 aromatic heterocycles. The van der Waals surface area contributed by atoms with Crippen LogP contribution in [0.25, 0.3) is 10.8 Å². The van der Waals surface area contributed by atoms with E-state index >= 15 is 0 Å². The summed E-state index contributed by atoms with van der Waals surface area (Å²) in [6.07, 6.45) is -1.84. The Balaban J connectivity index is 2.34. The van der Waals surface area contributed by atoms with E-state index in [2.05, 4.69) is 0 Å². The highest BCUT2D eigenvalue weighted by Gasteiger charge is 2.05. The van der Waals surface area contributed by atoms with E-state index in [-0.39, 0.29) is 6.42 Å². The van der Waals surface area contributed by atoms with Gasteiger partial charge in [-0.05, 0) is 22.8 Å². The van der Waals surface area contributed by atoms with E-state index in [1.54, 1.807) is 0 Å². The van der Waals surface area contributed by atoms with Gasteiger partial charge in [0.2, 0.25) is 6.43 Å². The van der Waals surface area contributed by atoms with E-state index in [0.717, 1.165) is 16.3 Å². The minimum absolute atomic E-state index is 0.0615. The molecule has 0 atom stereocenters. The summed E-state index contributed by atoms with van der Waals surface area (Å²) in [5.41, 5.74) is 1.01. The van der Waals surface area contributed by atoms with Gasteiger partial charge in [-0.1, -0.05) is 42.5 Å². The van der Waals surface area contributed by atoms with Crippen LogP contribution in [0.3, 0.4) is 0 Å². The molecule has 78 valence electrons. The van der Waals surface area contributed by atoms with Crippen LogP contribution in [0.15, 0.2) is 42.5 Å². The van der Waals surface area contributed by atoms with Gasteiger partial charge in [-0.3, -0.25) is 0 Å². The highest BCUT2D eigenvalue weighted by Crippen LogP contribution is 2.20. The van der Waals surface area contributed by atoms with Crippen LogP contribution in [0, 0.1) is 0 Å². The lowest BCUT2D eigenvalue weighted by atomic mass is 10.0. The summed E-state index contributed by atoms with van der Waals surface area (Å²) in [5.74, 6) is 0. The smallest absolute Gasteiger partial charge is 0.211 e. The second-order valence-corrected chi connectivity index (χ2v) is 3.57. The summed E-state index contributed by atoms with van der Waals surface area (Å²) in [5, 5.41) is 2.20. The van der Waals surface area contributed by atoms with Crippen molar-refractivity contribution in [2.75, 3.05) is 0 Å². The lowest BCUT2D eigenvalue weighted by Crippen LogP contribution is -1.94. The molecule has 0 nitrogen and oxygen atoms in total. The Kier molecular flexibility index (Phi) is 2.95. The number of hydrogen-bond acceptors (Lipinski definition) is 0. The predicted octanol–water partition coefficient (Wildman–Crippen LogP) is 4.04. The van der Waals surface area contributed by atoms with Crippen LogP contribution in [-0.2, 0) is 6.42 Å². The average Bonchev–Trinajstić information content (AvgIpc) is 2.26. The minimum atomic E-state index is -2.22. The molecule has 0 saturated carbocycles. The minimum Gasteiger partial charge on any atom is -0.211 e. The van der Waals surface area contributed by atoms with E-state index < -0.39 is 6.43 Å². The summed E-state index contributed by atoms with van der Waals surface area (Å²) in [4.78, 5) is 0. The predicted molar refractivity (Wildman–Crippen MR) is 58.3 cm³/mol. The fraction of sp³-hybridized carbons (Fsp3) is 0.231. The Morgan fingerprint density at radius 3 is 2.47 bits per heavy atom. The number of aryl methyl sites for hydroxylation is 1. The van der Waals surface area contributed by atoms with Crippen molar-refractivity contribution in [1.29, 1.82) is 0 Å². The highest BCUT2D eigenvalue weighted by atomic mass is 19.3. The van der Waals surface area contributed by atoms with Crippen molar-refractivity contribution in [3.63, 3.8) is 0 Å². The van der Waals surface area contributed by atoms with Crippen molar-refractivity contribution in [3.05, 3.63) is 48.0 Å². The van der Waals surface area contributed by atoms with Gasteiger partial charge in [0.25, 0.3) is 0 Å². The third-order valence-corrected chi connectivity index (χ3v) is 2.51. The highest BCUT2D eigenvalue weighted by molar-refractivity contribution is 5.85. The average molecular weight is 206 g/mol. The van der Waals surface area contributed by atoms with Gasteiger partial charge in [0.05, 0.1) is 0 Å². The van der Waals surface area contributed by atoms with Crippen LogP contribution in [0.5, 0.6) is 0 Å². The first kappa shape index (κ1) is 10.1. The van der Waals surface area contributed by atoms with Gasteiger partial charge in [0.1, 0.15) is 0 Å². The number of rotatable bonds is 3. The second-order valence-electron chi connectivity index (χ2n) is 3.57. The third-order valence-electron chi connectivity index (χ3n) is 2.51. The van der Waals surface area contributed by atoms with Crippen molar-refractivity contribution in [2.24, 2.45) is 0 Å². The first-order valence-electron chi connectivity index (χ1n) is 5.02. The molecule has 0 spiro atoms. The van der Waals surface area contributed by atoms with Crippen LogP contribution >= 0.6 is 0 Å². The van der Waals surface area contributed by atoms with E-state index in [1.807, 2.05) is 42.5 Å². The molecule has 0 radical (unpaired) electrons. The van der Waals surface area contributed by atoms with Gasteiger partial charge in [0, 0.05) is 6.42 Å². The maximum atomic E-state index is 12.1. The Labute approximate surface area is 87.5 Å². The van der Waals surface area contributed by atoms with Gasteiger partial charge in [-0.2, -0.15) is 0 Å². The standard InChI is InChI=1S/C13H12F2/c14-13(15)9-8-11-6-3-5-10-4-1-2-7-12(10)11/h1-7,13H,8-9H2. The molecule has 2 rings (SSSR count). The third kappa shape index (κ3) is 2.32. The number of alkyl halides is 2. The Morgan fingerprint density at radius 2 is 1.67 bits per heavy atom. The van der Waals surface area contributed by atoms with E-state index in [4.69, 9.17) is 0 Å². The maximum Gasteiger partial charge on any atom is 0.239 e. The molecule has 0 aliphatic heterocycles. The van der Waals surface area contributed by atoms with Gasteiger partial charge < -0.3 is 0 Å². The number of hydrogen-bond donors (Lipinski definition) is 0. The molecule has 15 heavy (non-hydrogen) atoms. The zero-order valence-corrected chi connectivity index (χ0v) is 8.29. The first-order chi connectivity index (χ1) is 7.27. The summed E-state index contributed by atoms with van der Waals surface area (Å²) in [6, 6.07) is 13.7. The Bertz CT molecular complexity index is 444. The van der Waals surface area contributed by atoms with E-state index in [1.165, 1.54) is 0 Å². The monoisotopic (exact) mass is 206 g/mol. The molecule has 0 N–H and O–H groups in total. The quantitative estimate of drug-likeness (QED) is 0.711. The van der Waals surface area contributed by atoms with E-state index in [9.17, 15) is 8.78 Å². The fourth-order valence-corrected chi connectivity index (χ4v) is 1.78. The number of fused-ring (bicyclic) bond motifs is 1. The SMILES string of the molecule is FC(F)CCc1cccc2ccccc12. The zero-order valence-electron chi connectivity index (χ0n) is 8.29. The molecule has 0 saturated heterocycles. The molecule has 0 aliphatic rings. The van der Waals surface area contributed by atoms with Crippen LogP contribution in [0.2, 0.25) is 0 Å². The van der Waals surface area contributed by atoms with Gasteiger partial charge in [0.15, 0.2) is 0 Å². The lowest BCUT2D eigenvalue weighted by Gasteiger charge is -2.05. The second kappa shape index (κ2) is 4.39. The largest absolute Gasteiger partial charge is 0.239 e. The summed E-state index contributed by atoms with van der Waals surface area (Å²) < 4.78 is 24.2. The molecule has 0 heterocycles. The Hall–Kier alpha value is -1.44. The fourth-order valence-electron chi connectivity index (χ4n) is 1.78. The molecule has 2 aromatic rings. The molecular formula is C13H12F2. The molecule has 0 fully saturated rings. The van der Waals surface area contributed by atoms with Gasteiger partial charge in [-0.25, -0.2) is 8.78 Å². The van der Waals surface area contributed by atoms with Gasteiger partial charge in [-0.15, -0.1) is 0 Å². The molecule has 2 aromatic carbocycles. The molecule has 0 aliphatic carbocycles. The topological polar surface area (TPSA) is 0 Å². The van der Waals surface area contributed by atoms with Crippen molar-refractivity contribution in [2.45, 2.75) is 19.3 Å². The molecule has 0 bridgehead atoms. The summed E-state index contributed by atoms with van der Waals surface area (Å²) in [6.45, 7) is 0. The summed E-state index contributed by atoms with van der Waals surface area (Å²) >= 11 is 0. The molecule has 0 amide bonds. The number of benzene rings is 2. The summed E-state index contributed by atoms with van der Waals surface area (Å²) in [7, 11) is 0. The van der Waals surface area contributed by atoms with Crippen LogP contribution in [0.4, 0.5) is 8.78 Å². The zero-order chi connectivity index (χ0) is 10.7. The van der Waals surface area contributed by atoms with Crippen molar-refractivity contribution in [1.82, 2.24) is 0 Å². The molecular weight excluding hydrogens is 194 g/mol. The molecule has 0 unspecified atom stereocenters. The first-order valence-corrected chi connectivity index (χ1v) is 5.02. The van der Waals surface area contributed by atoms with Crippen LogP contribution in [0.1, 0.15) is 12.0 Å². The Morgan fingerprint density at radius 1 is 0.933 bits per heavy atom. The van der Waals surface area contributed by atoms with Crippen molar-refractivity contribution >= 4 is 10.8 Å².